The molecule has 0 bridgehead atoms. The summed E-state index contributed by atoms with van der Waals surface area (Å²) in [6.45, 7) is 4.86. The second-order valence-electron chi connectivity index (χ2n) is 18.9. The minimum absolute atomic E-state index is 0.0227. The van der Waals surface area contributed by atoms with Crippen LogP contribution in [0.4, 0.5) is 0 Å². The third-order valence-corrected chi connectivity index (χ3v) is 12.8. The van der Waals surface area contributed by atoms with Crippen molar-refractivity contribution in [3.63, 3.8) is 0 Å². The lowest BCUT2D eigenvalue weighted by Gasteiger charge is -2.20. The Morgan fingerprint density at radius 1 is 0.443 bits per heavy atom. The SMILES string of the molecule is CCCCCCCCCCCCCCCCCC/C=C/C(O)C(CO)NC(=O)CCCCCCCCCCCOC(=O)CCCCCCCCCCCCCCCCCCC. The van der Waals surface area contributed by atoms with Crippen LogP contribution in [0.15, 0.2) is 12.2 Å². The first kappa shape index (κ1) is 59.6. The van der Waals surface area contributed by atoms with Gasteiger partial charge in [-0.25, -0.2) is 0 Å². The van der Waals surface area contributed by atoms with Crippen LogP contribution < -0.4 is 5.32 Å². The van der Waals surface area contributed by atoms with Crippen LogP contribution in [0.5, 0.6) is 0 Å². The van der Waals surface area contributed by atoms with Gasteiger partial charge in [-0.15, -0.1) is 0 Å². The van der Waals surface area contributed by atoms with E-state index in [4.69, 9.17) is 4.74 Å². The number of hydrogen-bond donors (Lipinski definition) is 3. The minimum atomic E-state index is -0.861. The minimum Gasteiger partial charge on any atom is -0.466 e. The molecule has 0 aromatic carbocycles. The van der Waals surface area contributed by atoms with Gasteiger partial charge in [-0.05, 0) is 32.1 Å². The summed E-state index contributed by atoms with van der Waals surface area (Å²) in [6, 6.07) is -0.647. The monoisotopic (exact) mass is 862 g/mol. The summed E-state index contributed by atoms with van der Waals surface area (Å²) in [5, 5.41) is 23.1. The van der Waals surface area contributed by atoms with E-state index in [0.29, 0.717) is 19.4 Å². The van der Waals surface area contributed by atoms with E-state index in [1.165, 1.54) is 218 Å². The fourth-order valence-electron chi connectivity index (χ4n) is 8.58. The number of aliphatic hydroxyl groups is 2. The number of aliphatic hydroxyl groups excluding tert-OH is 2. The molecule has 0 rings (SSSR count). The van der Waals surface area contributed by atoms with Crippen molar-refractivity contribution in [3.05, 3.63) is 12.2 Å². The Hall–Kier alpha value is -1.40. The summed E-state index contributed by atoms with van der Waals surface area (Å²) in [7, 11) is 0. The first-order chi connectivity index (χ1) is 30.0. The van der Waals surface area contributed by atoms with E-state index in [1.54, 1.807) is 6.08 Å². The molecule has 0 fully saturated rings. The van der Waals surface area contributed by atoms with Crippen molar-refractivity contribution in [3.8, 4) is 0 Å². The standard InChI is InChI=1S/C55H107NO5/c1-3-5-7-9-11-13-15-17-19-21-23-24-26-28-31-35-39-43-47-53(58)52(51-57)56-54(59)48-44-40-36-32-30-34-38-42-46-50-61-55(60)49-45-41-37-33-29-27-25-22-20-18-16-14-12-10-8-6-4-2/h43,47,52-53,57-58H,3-42,44-46,48-51H2,1-2H3,(H,56,59)/b47-43+. The van der Waals surface area contributed by atoms with Gasteiger partial charge in [0.15, 0.2) is 0 Å². The van der Waals surface area contributed by atoms with Crippen LogP contribution >= 0.6 is 0 Å². The summed E-state index contributed by atoms with van der Waals surface area (Å²) in [6.07, 6.45) is 59.3. The fraction of sp³-hybridized carbons (Fsp3) is 0.927. The molecule has 2 atom stereocenters. The van der Waals surface area contributed by atoms with Gasteiger partial charge >= 0.3 is 5.97 Å². The number of ether oxygens (including phenoxy) is 1. The molecule has 0 aromatic rings. The van der Waals surface area contributed by atoms with Gasteiger partial charge in [-0.2, -0.15) is 0 Å². The molecule has 0 aliphatic carbocycles. The number of esters is 1. The maximum Gasteiger partial charge on any atom is 0.305 e. The number of allylic oxidation sites excluding steroid dienone is 1. The summed E-state index contributed by atoms with van der Waals surface area (Å²) in [4.78, 5) is 24.5. The predicted molar refractivity (Wildman–Crippen MR) is 264 cm³/mol. The summed E-state index contributed by atoms with van der Waals surface area (Å²) < 4.78 is 5.46. The van der Waals surface area contributed by atoms with Crippen LogP contribution in [0.3, 0.4) is 0 Å². The zero-order valence-corrected chi connectivity index (χ0v) is 41.2. The molecule has 0 aromatic heterocycles. The van der Waals surface area contributed by atoms with Gasteiger partial charge in [0, 0.05) is 12.8 Å². The molecule has 0 aliphatic heterocycles. The molecule has 0 saturated heterocycles. The van der Waals surface area contributed by atoms with E-state index in [2.05, 4.69) is 19.2 Å². The molecule has 362 valence electrons. The summed E-state index contributed by atoms with van der Waals surface area (Å²) >= 11 is 0. The molecule has 0 aliphatic rings. The van der Waals surface area contributed by atoms with Crippen molar-refractivity contribution in [1.82, 2.24) is 5.32 Å². The Labute approximate surface area is 380 Å². The zero-order chi connectivity index (χ0) is 44.4. The molecule has 6 heteroatoms. The number of amides is 1. The molecule has 6 nitrogen and oxygen atoms in total. The number of carbonyl (C=O) groups is 2. The maximum absolute atomic E-state index is 12.4. The normalized spacial score (nSPS) is 12.7. The van der Waals surface area contributed by atoms with Gasteiger partial charge in [0.2, 0.25) is 5.91 Å². The predicted octanol–water partition coefficient (Wildman–Crippen LogP) is 16.5. The van der Waals surface area contributed by atoms with Crippen molar-refractivity contribution < 1.29 is 24.5 Å². The lowest BCUT2D eigenvalue weighted by Crippen LogP contribution is -2.45. The average Bonchev–Trinajstić information content (AvgIpc) is 3.26. The Bertz CT molecular complexity index is 909. The Balaban J connectivity index is 3.49. The number of nitrogens with one attached hydrogen (secondary N) is 1. The van der Waals surface area contributed by atoms with Crippen molar-refractivity contribution in [2.24, 2.45) is 0 Å². The van der Waals surface area contributed by atoms with E-state index in [-0.39, 0.29) is 18.5 Å². The molecular weight excluding hydrogens is 755 g/mol. The van der Waals surface area contributed by atoms with E-state index in [9.17, 15) is 19.8 Å². The van der Waals surface area contributed by atoms with E-state index >= 15 is 0 Å². The zero-order valence-electron chi connectivity index (χ0n) is 41.2. The van der Waals surface area contributed by atoms with E-state index in [0.717, 1.165) is 57.8 Å². The van der Waals surface area contributed by atoms with Crippen LogP contribution in [0.2, 0.25) is 0 Å². The molecule has 0 saturated carbocycles. The van der Waals surface area contributed by atoms with E-state index in [1.807, 2.05) is 6.08 Å². The summed E-state index contributed by atoms with van der Waals surface area (Å²) in [5.74, 6) is -0.115. The van der Waals surface area contributed by atoms with Gasteiger partial charge in [-0.1, -0.05) is 270 Å². The summed E-state index contributed by atoms with van der Waals surface area (Å²) in [5.41, 5.74) is 0. The molecule has 61 heavy (non-hydrogen) atoms. The molecular formula is C55H107NO5. The third-order valence-electron chi connectivity index (χ3n) is 12.8. The highest BCUT2D eigenvalue weighted by Gasteiger charge is 2.18. The van der Waals surface area contributed by atoms with Crippen molar-refractivity contribution in [2.75, 3.05) is 13.2 Å². The molecule has 0 spiro atoms. The van der Waals surface area contributed by atoms with Gasteiger partial charge in [0.05, 0.1) is 25.4 Å². The molecule has 3 N–H and O–H groups in total. The lowest BCUT2D eigenvalue weighted by molar-refractivity contribution is -0.143. The van der Waals surface area contributed by atoms with Crippen molar-refractivity contribution in [2.45, 2.75) is 315 Å². The van der Waals surface area contributed by atoms with Crippen LogP contribution in [-0.4, -0.2) is 47.4 Å². The molecule has 1 amide bonds. The Morgan fingerprint density at radius 3 is 1.11 bits per heavy atom. The largest absolute Gasteiger partial charge is 0.466 e. The lowest BCUT2D eigenvalue weighted by atomic mass is 10.0. The van der Waals surface area contributed by atoms with Crippen molar-refractivity contribution >= 4 is 11.9 Å². The van der Waals surface area contributed by atoms with Crippen LogP contribution in [-0.2, 0) is 14.3 Å². The van der Waals surface area contributed by atoms with Gasteiger partial charge in [-0.3, -0.25) is 9.59 Å². The molecule has 0 heterocycles. The highest BCUT2D eigenvalue weighted by molar-refractivity contribution is 5.76. The van der Waals surface area contributed by atoms with E-state index < -0.39 is 12.1 Å². The first-order valence-electron chi connectivity index (χ1n) is 27.5. The second kappa shape index (κ2) is 51.2. The maximum atomic E-state index is 12.4. The topological polar surface area (TPSA) is 95.9 Å². The number of rotatable bonds is 51. The fourth-order valence-corrected chi connectivity index (χ4v) is 8.58. The second-order valence-corrected chi connectivity index (χ2v) is 18.9. The van der Waals surface area contributed by atoms with Gasteiger partial charge in [0.1, 0.15) is 0 Å². The Kier molecular flexibility index (Phi) is 50.1. The average molecular weight is 862 g/mol. The van der Waals surface area contributed by atoms with Crippen LogP contribution in [0.25, 0.3) is 0 Å². The first-order valence-corrected chi connectivity index (χ1v) is 27.5. The number of unbranched alkanes of at least 4 members (excludes halogenated alkanes) is 40. The highest BCUT2D eigenvalue weighted by Crippen LogP contribution is 2.17. The molecule has 2 unspecified atom stereocenters. The molecule has 0 radical (unpaired) electrons. The van der Waals surface area contributed by atoms with Gasteiger partial charge in [0.25, 0.3) is 0 Å². The Morgan fingerprint density at radius 2 is 0.754 bits per heavy atom. The number of carbonyl (C=O) groups excluding carboxylic acids is 2. The third kappa shape index (κ3) is 47.9. The van der Waals surface area contributed by atoms with Crippen LogP contribution in [0.1, 0.15) is 303 Å². The quantitative estimate of drug-likeness (QED) is 0.0322. The van der Waals surface area contributed by atoms with Crippen molar-refractivity contribution in [1.29, 1.82) is 0 Å². The highest BCUT2D eigenvalue weighted by atomic mass is 16.5. The number of hydrogen-bond acceptors (Lipinski definition) is 5. The smallest absolute Gasteiger partial charge is 0.305 e. The van der Waals surface area contributed by atoms with Gasteiger partial charge < -0.3 is 20.3 Å². The van der Waals surface area contributed by atoms with Crippen LogP contribution in [0, 0.1) is 0 Å².